The number of fused-ring (bicyclic) bond motifs is 1. The summed E-state index contributed by atoms with van der Waals surface area (Å²) in [5.74, 6) is 1.10. The molecule has 0 aliphatic carbocycles. The van der Waals surface area contributed by atoms with Crippen LogP contribution in [0.25, 0.3) is 5.69 Å². The molecular formula is C19H15N3O4S. The molecule has 2 aromatic carbocycles. The molecule has 0 fully saturated rings. The topological polar surface area (TPSA) is 88.8 Å². The van der Waals surface area contributed by atoms with Gasteiger partial charge in [0.15, 0.2) is 16.3 Å². The van der Waals surface area contributed by atoms with Crippen LogP contribution < -0.4 is 15.0 Å². The third-order valence-electron chi connectivity index (χ3n) is 4.07. The Morgan fingerprint density at radius 2 is 1.96 bits per heavy atom. The van der Waals surface area contributed by atoms with Crippen molar-refractivity contribution >= 4 is 18.4 Å². The molecule has 4 rings (SSSR count). The van der Waals surface area contributed by atoms with E-state index in [9.17, 15) is 9.90 Å². The molecule has 3 aromatic rings. The summed E-state index contributed by atoms with van der Waals surface area (Å²) < 4.78 is 12.1. The second kappa shape index (κ2) is 7.08. The number of ether oxygens (including phenoxy) is 2. The van der Waals surface area contributed by atoms with Crippen LogP contribution in [0.5, 0.6) is 17.4 Å². The number of nitrogens with one attached hydrogen (secondary N) is 1. The molecule has 0 radical (unpaired) electrons. The van der Waals surface area contributed by atoms with E-state index in [0.29, 0.717) is 23.7 Å². The average Bonchev–Trinajstić information content (AvgIpc) is 3.13. The molecule has 2 N–H and O–H groups in total. The van der Waals surface area contributed by atoms with Crippen LogP contribution >= 0.6 is 12.2 Å². The molecule has 0 saturated heterocycles. The van der Waals surface area contributed by atoms with Gasteiger partial charge in [-0.3, -0.25) is 19.3 Å². The molecule has 0 bridgehead atoms. The lowest BCUT2D eigenvalue weighted by Gasteiger charge is -2.10. The average molecular weight is 381 g/mol. The highest BCUT2D eigenvalue weighted by atomic mass is 32.1. The zero-order chi connectivity index (χ0) is 18.8. The van der Waals surface area contributed by atoms with Crippen LogP contribution in [-0.4, -0.2) is 27.7 Å². The first-order valence-corrected chi connectivity index (χ1v) is 8.56. The molecule has 0 atom stereocenters. The van der Waals surface area contributed by atoms with Gasteiger partial charge in [0.05, 0.1) is 12.2 Å². The van der Waals surface area contributed by atoms with Crippen LogP contribution in [0.3, 0.4) is 0 Å². The largest absolute Gasteiger partial charge is 0.494 e. The number of para-hydroxylation sites is 1. The number of nitrogens with zero attached hydrogens (tertiary/aromatic N) is 2. The molecule has 0 saturated carbocycles. The smallest absolute Gasteiger partial charge is 0.264 e. The van der Waals surface area contributed by atoms with Crippen LogP contribution in [-0.2, 0) is 6.54 Å². The van der Waals surface area contributed by atoms with Gasteiger partial charge in [0.1, 0.15) is 5.56 Å². The summed E-state index contributed by atoms with van der Waals surface area (Å²) in [7, 11) is 0. The van der Waals surface area contributed by atoms with E-state index in [1.165, 1.54) is 10.8 Å². The first-order chi connectivity index (χ1) is 13.1. The molecule has 136 valence electrons. The van der Waals surface area contributed by atoms with Crippen molar-refractivity contribution in [2.75, 3.05) is 6.79 Å². The summed E-state index contributed by atoms with van der Waals surface area (Å²) in [6.07, 6.45) is 1.34. The second-order valence-electron chi connectivity index (χ2n) is 5.82. The molecule has 2 heterocycles. The van der Waals surface area contributed by atoms with Crippen molar-refractivity contribution in [3.63, 3.8) is 0 Å². The lowest BCUT2D eigenvalue weighted by atomic mass is 10.2. The fourth-order valence-electron chi connectivity index (χ4n) is 2.75. The molecule has 7 nitrogen and oxygen atoms in total. The highest BCUT2D eigenvalue weighted by Gasteiger charge is 2.14. The Morgan fingerprint density at radius 3 is 2.78 bits per heavy atom. The Morgan fingerprint density at radius 1 is 1.19 bits per heavy atom. The van der Waals surface area contributed by atoms with E-state index in [0.717, 1.165) is 5.56 Å². The normalized spacial score (nSPS) is 12.6. The summed E-state index contributed by atoms with van der Waals surface area (Å²) in [5.41, 5.74) is 1.07. The van der Waals surface area contributed by atoms with Gasteiger partial charge in [0.25, 0.3) is 5.56 Å². The van der Waals surface area contributed by atoms with Crippen molar-refractivity contribution in [3.8, 4) is 23.1 Å². The summed E-state index contributed by atoms with van der Waals surface area (Å²) in [6, 6.07) is 14.6. The van der Waals surface area contributed by atoms with Gasteiger partial charge in [-0.2, -0.15) is 0 Å². The number of rotatable bonds is 4. The third kappa shape index (κ3) is 3.34. The summed E-state index contributed by atoms with van der Waals surface area (Å²) in [5, 5.41) is 10.6. The first kappa shape index (κ1) is 17.0. The van der Waals surface area contributed by atoms with Crippen molar-refractivity contribution in [2.45, 2.75) is 6.54 Å². The molecular weight excluding hydrogens is 366 g/mol. The lowest BCUT2D eigenvalue weighted by molar-refractivity contribution is 0.174. The summed E-state index contributed by atoms with van der Waals surface area (Å²) >= 11 is 5.18. The molecule has 1 aromatic heterocycles. The van der Waals surface area contributed by atoms with Gasteiger partial charge >= 0.3 is 0 Å². The van der Waals surface area contributed by atoms with Gasteiger partial charge in [-0.05, 0) is 42.0 Å². The van der Waals surface area contributed by atoms with Crippen LogP contribution in [0.4, 0.5) is 0 Å². The highest BCUT2D eigenvalue weighted by Crippen LogP contribution is 2.32. The van der Waals surface area contributed by atoms with Crippen LogP contribution in [0.15, 0.2) is 58.3 Å². The van der Waals surface area contributed by atoms with Gasteiger partial charge in [-0.15, -0.1) is 0 Å². The van der Waals surface area contributed by atoms with Crippen molar-refractivity contribution in [1.29, 1.82) is 0 Å². The third-order valence-corrected chi connectivity index (χ3v) is 4.35. The molecule has 8 heteroatoms. The van der Waals surface area contributed by atoms with E-state index in [4.69, 9.17) is 21.7 Å². The number of H-pyrrole nitrogens is 1. The van der Waals surface area contributed by atoms with E-state index in [2.05, 4.69) is 9.98 Å². The van der Waals surface area contributed by atoms with Crippen molar-refractivity contribution < 1.29 is 14.6 Å². The first-order valence-electron chi connectivity index (χ1n) is 8.15. The summed E-state index contributed by atoms with van der Waals surface area (Å²) in [4.78, 5) is 19.1. The van der Waals surface area contributed by atoms with Gasteiger partial charge in [-0.1, -0.05) is 24.3 Å². The van der Waals surface area contributed by atoms with Crippen LogP contribution in [0.2, 0.25) is 0 Å². The van der Waals surface area contributed by atoms with Crippen LogP contribution in [0.1, 0.15) is 11.1 Å². The quantitative estimate of drug-likeness (QED) is 0.536. The lowest BCUT2D eigenvalue weighted by Crippen LogP contribution is -2.18. The number of aromatic nitrogens is 2. The number of hydrogen-bond donors (Lipinski definition) is 2. The zero-order valence-corrected chi connectivity index (χ0v) is 14.9. The van der Waals surface area contributed by atoms with Gasteiger partial charge < -0.3 is 14.6 Å². The van der Waals surface area contributed by atoms with Crippen molar-refractivity contribution in [2.24, 2.45) is 4.99 Å². The Balaban J connectivity index is 1.65. The SMILES string of the molecule is O=c1[nH]c(=S)n(-c2ccccc2)c(O)c1C=NCc1ccc2c(c1)OCO2. The summed E-state index contributed by atoms with van der Waals surface area (Å²) in [6.45, 7) is 0.523. The molecule has 27 heavy (non-hydrogen) atoms. The Bertz CT molecular complexity index is 1140. The number of hydrogen-bond acceptors (Lipinski definition) is 6. The van der Waals surface area contributed by atoms with E-state index >= 15 is 0 Å². The maximum Gasteiger partial charge on any atom is 0.264 e. The van der Waals surface area contributed by atoms with E-state index in [1.807, 2.05) is 36.4 Å². The van der Waals surface area contributed by atoms with Gasteiger partial charge in [0.2, 0.25) is 12.7 Å². The van der Waals surface area contributed by atoms with E-state index in [1.54, 1.807) is 12.1 Å². The molecule has 0 amide bonds. The molecule has 1 aliphatic rings. The Hall–Kier alpha value is -3.39. The molecule has 1 aliphatic heterocycles. The zero-order valence-electron chi connectivity index (χ0n) is 14.1. The van der Waals surface area contributed by atoms with E-state index in [-0.39, 0.29) is 23.0 Å². The van der Waals surface area contributed by atoms with E-state index < -0.39 is 5.56 Å². The van der Waals surface area contributed by atoms with Gasteiger partial charge in [-0.25, -0.2) is 0 Å². The van der Waals surface area contributed by atoms with Crippen LogP contribution in [0, 0.1) is 4.77 Å². The maximum absolute atomic E-state index is 12.2. The number of aliphatic imine (C=N–C) groups is 1. The minimum Gasteiger partial charge on any atom is -0.494 e. The van der Waals surface area contributed by atoms with Crippen molar-refractivity contribution in [1.82, 2.24) is 9.55 Å². The van der Waals surface area contributed by atoms with Crippen molar-refractivity contribution in [3.05, 3.63) is 74.8 Å². The molecule has 0 spiro atoms. The minimum atomic E-state index is -0.501. The number of aromatic amines is 1. The highest BCUT2D eigenvalue weighted by molar-refractivity contribution is 7.71. The fraction of sp³-hybridized carbons (Fsp3) is 0.105. The minimum absolute atomic E-state index is 0.0354. The monoisotopic (exact) mass is 381 g/mol. The fourth-order valence-corrected chi connectivity index (χ4v) is 3.04. The second-order valence-corrected chi connectivity index (χ2v) is 6.21. The standard InChI is InChI=1S/C19H15N3O4S/c23-17-14(10-20-9-12-6-7-15-16(8-12)26-11-25-15)18(24)22(19(27)21-17)13-4-2-1-3-5-13/h1-8,10,24H,9,11H2,(H,21,23,27). The molecule has 0 unspecified atom stereocenters. The number of benzene rings is 2. The Labute approximate surface area is 159 Å². The Kier molecular flexibility index (Phi) is 4.47. The predicted molar refractivity (Wildman–Crippen MR) is 103 cm³/mol. The maximum atomic E-state index is 12.2. The number of aromatic hydroxyl groups is 1. The van der Waals surface area contributed by atoms with Gasteiger partial charge in [0, 0.05) is 6.21 Å². The predicted octanol–water partition coefficient (Wildman–Crippen LogP) is 2.95.